The molecule has 0 spiro atoms. The Bertz CT molecular complexity index is 534. The number of imidazole rings is 1. The normalized spacial score (nSPS) is 12.7. The molecule has 1 atom stereocenters. The lowest BCUT2D eigenvalue weighted by Crippen LogP contribution is -2.18. The third-order valence-electron chi connectivity index (χ3n) is 3.07. The topological polar surface area (TPSA) is 43.8 Å². The molecule has 18 heavy (non-hydrogen) atoms. The Labute approximate surface area is 113 Å². The molecule has 0 amide bonds. The van der Waals surface area contributed by atoms with E-state index in [0.717, 1.165) is 29.9 Å². The van der Waals surface area contributed by atoms with Crippen LogP contribution in [0.4, 0.5) is 0 Å². The summed E-state index contributed by atoms with van der Waals surface area (Å²) in [5.41, 5.74) is 8.49. The number of hydrogen-bond donors (Lipinski definition) is 1. The van der Waals surface area contributed by atoms with Gasteiger partial charge < -0.3 is 10.3 Å². The van der Waals surface area contributed by atoms with Gasteiger partial charge in [-0.3, -0.25) is 0 Å². The van der Waals surface area contributed by atoms with E-state index in [-0.39, 0.29) is 6.04 Å². The Kier molecular flexibility index (Phi) is 4.04. The molecule has 3 nitrogen and oxygen atoms in total. The van der Waals surface area contributed by atoms with Crippen molar-refractivity contribution in [3.63, 3.8) is 0 Å². The fourth-order valence-corrected chi connectivity index (χ4v) is 2.30. The Morgan fingerprint density at radius 2 is 2.22 bits per heavy atom. The molecule has 1 unspecified atom stereocenters. The Morgan fingerprint density at radius 1 is 1.44 bits per heavy atom. The van der Waals surface area contributed by atoms with Crippen LogP contribution in [0.15, 0.2) is 30.6 Å². The fraction of sp³-hybridized carbons (Fsp3) is 0.357. The van der Waals surface area contributed by atoms with Gasteiger partial charge in [-0.2, -0.15) is 0 Å². The molecule has 1 aromatic heterocycles. The predicted molar refractivity (Wildman–Crippen MR) is 74.7 cm³/mol. The maximum atomic E-state index is 6.32. The quantitative estimate of drug-likeness (QED) is 0.920. The highest BCUT2D eigenvalue weighted by Crippen LogP contribution is 2.24. The Morgan fingerprint density at radius 3 is 2.94 bits per heavy atom. The maximum Gasteiger partial charge on any atom is 0.130 e. The first-order valence-corrected chi connectivity index (χ1v) is 6.54. The van der Waals surface area contributed by atoms with Crippen molar-refractivity contribution < 1.29 is 0 Å². The van der Waals surface area contributed by atoms with Crippen molar-refractivity contribution >= 4 is 11.6 Å². The van der Waals surface area contributed by atoms with Gasteiger partial charge in [-0.05, 0) is 36.6 Å². The molecule has 0 saturated heterocycles. The van der Waals surface area contributed by atoms with Crippen LogP contribution in [0.5, 0.6) is 0 Å². The van der Waals surface area contributed by atoms with Crippen molar-refractivity contribution in [1.29, 1.82) is 0 Å². The van der Waals surface area contributed by atoms with Crippen molar-refractivity contribution in [3.8, 4) is 0 Å². The van der Waals surface area contributed by atoms with Crippen LogP contribution in [0.3, 0.4) is 0 Å². The molecule has 0 fully saturated rings. The van der Waals surface area contributed by atoms with Gasteiger partial charge in [0.2, 0.25) is 0 Å². The predicted octanol–water partition coefficient (Wildman–Crippen LogP) is 3.30. The van der Waals surface area contributed by atoms with E-state index >= 15 is 0 Å². The summed E-state index contributed by atoms with van der Waals surface area (Å²) in [5, 5.41) is 0.708. The first kappa shape index (κ1) is 13.1. The largest absolute Gasteiger partial charge is 0.333 e. The van der Waals surface area contributed by atoms with Gasteiger partial charge in [-0.25, -0.2) is 4.98 Å². The first-order chi connectivity index (χ1) is 8.63. The van der Waals surface area contributed by atoms with Gasteiger partial charge in [-0.1, -0.05) is 24.6 Å². The van der Waals surface area contributed by atoms with Gasteiger partial charge in [-0.15, -0.1) is 0 Å². The smallest absolute Gasteiger partial charge is 0.130 e. The van der Waals surface area contributed by atoms with Crippen molar-refractivity contribution in [2.45, 2.75) is 32.9 Å². The first-order valence-electron chi connectivity index (χ1n) is 6.16. The molecule has 2 aromatic rings. The van der Waals surface area contributed by atoms with Crippen LogP contribution in [0.25, 0.3) is 0 Å². The minimum absolute atomic E-state index is 0.231. The summed E-state index contributed by atoms with van der Waals surface area (Å²) in [5.74, 6) is 0.891. The zero-order valence-corrected chi connectivity index (χ0v) is 11.5. The summed E-state index contributed by atoms with van der Waals surface area (Å²) >= 11 is 6.04. The van der Waals surface area contributed by atoms with E-state index in [1.54, 1.807) is 6.20 Å². The van der Waals surface area contributed by atoms with Crippen molar-refractivity contribution in [1.82, 2.24) is 9.55 Å². The van der Waals surface area contributed by atoms with Gasteiger partial charge >= 0.3 is 0 Å². The van der Waals surface area contributed by atoms with Gasteiger partial charge in [0.05, 0.1) is 6.04 Å². The zero-order chi connectivity index (χ0) is 13.1. The third-order valence-corrected chi connectivity index (χ3v) is 3.30. The minimum Gasteiger partial charge on any atom is -0.333 e. The molecule has 0 bridgehead atoms. The molecule has 0 aliphatic rings. The molecule has 1 heterocycles. The standard InChI is InChI=1S/C14H18ClN3/c1-3-7-18-8-6-17-14(18)13(16)12-9-11(15)5-4-10(12)2/h4-6,8-9,13H,3,7,16H2,1-2H3. The average molecular weight is 264 g/mol. The maximum absolute atomic E-state index is 6.32. The van der Waals surface area contributed by atoms with Gasteiger partial charge in [0.1, 0.15) is 5.82 Å². The molecule has 2 rings (SSSR count). The van der Waals surface area contributed by atoms with Crippen molar-refractivity contribution in [2.75, 3.05) is 0 Å². The molecule has 0 aliphatic heterocycles. The molecule has 0 radical (unpaired) electrons. The van der Waals surface area contributed by atoms with Gasteiger partial charge in [0.15, 0.2) is 0 Å². The second-order valence-corrected chi connectivity index (χ2v) is 4.89. The zero-order valence-electron chi connectivity index (χ0n) is 10.7. The monoisotopic (exact) mass is 263 g/mol. The van der Waals surface area contributed by atoms with Gasteiger partial charge in [0, 0.05) is 24.0 Å². The summed E-state index contributed by atoms with van der Waals surface area (Å²) in [6, 6.07) is 5.56. The fourth-order valence-electron chi connectivity index (χ4n) is 2.12. The number of aromatic nitrogens is 2. The number of nitrogens with two attached hydrogens (primary N) is 1. The lowest BCUT2D eigenvalue weighted by molar-refractivity contribution is 0.612. The van der Waals surface area contributed by atoms with Crippen LogP contribution < -0.4 is 5.73 Å². The van der Waals surface area contributed by atoms with E-state index in [2.05, 4.69) is 16.5 Å². The Hall–Kier alpha value is -1.32. The summed E-state index contributed by atoms with van der Waals surface area (Å²) in [7, 11) is 0. The van der Waals surface area contributed by atoms with E-state index in [4.69, 9.17) is 17.3 Å². The van der Waals surface area contributed by atoms with Crippen LogP contribution in [0.1, 0.15) is 36.3 Å². The van der Waals surface area contributed by atoms with Crippen molar-refractivity contribution in [2.24, 2.45) is 5.73 Å². The Balaban J connectivity index is 2.38. The van der Waals surface area contributed by atoms with Crippen molar-refractivity contribution in [3.05, 3.63) is 52.6 Å². The van der Waals surface area contributed by atoms with Crippen LogP contribution in [0.2, 0.25) is 5.02 Å². The van der Waals surface area contributed by atoms with E-state index < -0.39 is 0 Å². The molecule has 0 aliphatic carbocycles. The summed E-state index contributed by atoms with van der Waals surface area (Å²) in [4.78, 5) is 4.38. The van der Waals surface area contributed by atoms with Gasteiger partial charge in [0.25, 0.3) is 0 Å². The number of benzene rings is 1. The highest BCUT2D eigenvalue weighted by atomic mass is 35.5. The molecular weight excluding hydrogens is 246 g/mol. The highest BCUT2D eigenvalue weighted by molar-refractivity contribution is 6.30. The molecule has 1 aromatic carbocycles. The molecule has 2 N–H and O–H groups in total. The van der Waals surface area contributed by atoms with E-state index in [0.29, 0.717) is 5.02 Å². The number of aryl methyl sites for hydroxylation is 2. The lowest BCUT2D eigenvalue weighted by Gasteiger charge is -2.16. The van der Waals surface area contributed by atoms with Crippen LogP contribution in [-0.2, 0) is 6.54 Å². The minimum atomic E-state index is -0.231. The second kappa shape index (κ2) is 5.55. The third kappa shape index (κ3) is 2.57. The van der Waals surface area contributed by atoms with E-state index in [1.165, 1.54) is 0 Å². The number of halogens is 1. The molecule has 0 saturated carbocycles. The van der Waals surface area contributed by atoms with Crippen LogP contribution in [-0.4, -0.2) is 9.55 Å². The van der Waals surface area contributed by atoms with Crippen LogP contribution >= 0.6 is 11.6 Å². The number of rotatable bonds is 4. The summed E-state index contributed by atoms with van der Waals surface area (Å²) in [6.07, 6.45) is 4.83. The SMILES string of the molecule is CCCn1ccnc1C(N)c1cc(Cl)ccc1C. The van der Waals surface area contributed by atoms with Crippen LogP contribution in [0, 0.1) is 6.92 Å². The second-order valence-electron chi connectivity index (χ2n) is 4.46. The molecular formula is C14H18ClN3. The van der Waals surface area contributed by atoms with E-state index in [1.807, 2.05) is 31.3 Å². The summed E-state index contributed by atoms with van der Waals surface area (Å²) < 4.78 is 2.10. The number of hydrogen-bond acceptors (Lipinski definition) is 2. The van der Waals surface area contributed by atoms with E-state index in [9.17, 15) is 0 Å². The molecule has 4 heteroatoms. The molecule has 96 valence electrons. The number of nitrogens with zero attached hydrogens (tertiary/aromatic N) is 2. The summed E-state index contributed by atoms with van der Waals surface area (Å²) in [6.45, 7) is 5.11. The lowest BCUT2D eigenvalue weighted by atomic mass is 10.0. The average Bonchev–Trinajstić information content (AvgIpc) is 2.80. The highest BCUT2D eigenvalue weighted by Gasteiger charge is 2.16.